The fourth-order valence-corrected chi connectivity index (χ4v) is 1.84. The minimum absolute atomic E-state index is 0.0414. The van der Waals surface area contributed by atoms with Gasteiger partial charge in [-0.25, -0.2) is 4.79 Å². The van der Waals surface area contributed by atoms with Gasteiger partial charge in [0.15, 0.2) is 4.77 Å². The van der Waals surface area contributed by atoms with E-state index in [2.05, 4.69) is 9.72 Å². The molecule has 0 fully saturated rings. The second-order valence-electron chi connectivity index (χ2n) is 3.49. The first-order valence-electron chi connectivity index (χ1n) is 5.13. The summed E-state index contributed by atoms with van der Waals surface area (Å²) in [5.74, 6) is -0.626. The Morgan fingerprint density at radius 2 is 2.00 bits per heavy atom. The Kier molecular flexibility index (Phi) is 3.38. The quantitative estimate of drug-likeness (QED) is 0.660. The fraction of sp³-hybridized carbons (Fsp3) is 0.0833. The lowest BCUT2D eigenvalue weighted by Gasteiger charge is -2.06. The molecular formula is C12H10N2O3S. The smallest absolute Gasteiger partial charge is 0.354 e. The van der Waals surface area contributed by atoms with Gasteiger partial charge in [-0.05, 0) is 24.4 Å². The Morgan fingerprint density at radius 1 is 1.33 bits per heavy atom. The van der Waals surface area contributed by atoms with Crippen molar-refractivity contribution in [2.75, 3.05) is 7.11 Å². The molecule has 5 nitrogen and oxygen atoms in total. The third kappa shape index (κ3) is 2.23. The SMILES string of the molecule is COC(=O)c1cc(=O)n(-c2ccccc2)c(=S)[nH]1. The molecule has 0 amide bonds. The van der Waals surface area contributed by atoms with Crippen LogP contribution in [0.15, 0.2) is 41.2 Å². The van der Waals surface area contributed by atoms with Gasteiger partial charge < -0.3 is 9.72 Å². The Labute approximate surface area is 108 Å². The van der Waals surface area contributed by atoms with Gasteiger partial charge in [-0.3, -0.25) is 9.36 Å². The number of rotatable bonds is 2. The molecule has 2 rings (SSSR count). The van der Waals surface area contributed by atoms with Crippen molar-refractivity contribution < 1.29 is 9.53 Å². The molecule has 0 aliphatic rings. The monoisotopic (exact) mass is 262 g/mol. The van der Waals surface area contributed by atoms with Crippen LogP contribution in [0.1, 0.15) is 10.5 Å². The number of benzene rings is 1. The summed E-state index contributed by atoms with van der Waals surface area (Å²) in [6.45, 7) is 0. The Morgan fingerprint density at radius 3 is 2.56 bits per heavy atom. The highest BCUT2D eigenvalue weighted by Crippen LogP contribution is 2.05. The first-order chi connectivity index (χ1) is 8.63. The first kappa shape index (κ1) is 12.3. The average molecular weight is 262 g/mol. The average Bonchev–Trinajstić information content (AvgIpc) is 2.38. The molecule has 6 heteroatoms. The molecule has 18 heavy (non-hydrogen) atoms. The molecule has 0 aliphatic carbocycles. The molecule has 0 atom stereocenters. The van der Waals surface area contributed by atoms with Crippen molar-refractivity contribution >= 4 is 18.2 Å². The van der Waals surface area contributed by atoms with Crippen LogP contribution >= 0.6 is 12.2 Å². The van der Waals surface area contributed by atoms with Crippen LogP contribution in [0.4, 0.5) is 0 Å². The van der Waals surface area contributed by atoms with Gasteiger partial charge in [0.2, 0.25) is 0 Å². The maximum absolute atomic E-state index is 12.0. The van der Waals surface area contributed by atoms with Gasteiger partial charge in [0.1, 0.15) is 5.69 Å². The standard InChI is InChI=1S/C12H10N2O3S/c1-17-11(16)9-7-10(15)14(12(18)13-9)8-5-3-2-4-6-8/h2-7H,1H3,(H,13,18). The molecular weight excluding hydrogens is 252 g/mol. The first-order valence-corrected chi connectivity index (χ1v) is 5.54. The normalized spacial score (nSPS) is 10.1. The number of nitrogens with zero attached hydrogens (tertiary/aromatic N) is 1. The van der Waals surface area contributed by atoms with Gasteiger partial charge >= 0.3 is 5.97 Å². The zero-order valence-electron chi connectivity index (χ0n) is 9.54. The van der Waals surface area contributed by atoms with Crippen molar-refractivity contribution in [3.63, 3.8) is 0 Å². The fourth-order valence-electron chi connectivity index (χ4n) is 1.54. The van der Waals surface area contributed by atoms with Crippen molar-refractivity contribution in [3.05, 3.63) is 57.2 Å². The lowest BCUT2D eigenvalue weighted by atomic mass is 10.3. The Hall–Kier alpha value is -2.21. The summed E-state index contributed by atoms with van der Waals surface area (Å²) in [6.07, 6.45) is 0. The van der Waals surface area contributed by atoms with Crippen LogP contribution in [0.2, 0.25) is 0 Å². The molecule has 0 saturated carbocycles. The highest BCUT2D eigenvalue weighted by molar-refractivity contribution is 7.71. The van der Waals surface area contributed by atoms with Crippen molar-refractivity contribution in [1.82, 2.24) is 9.55 Å². The van der Waals surface area contributed by atoms with Gasteiger partial charge in [-0.15, -0.1) is 0 Å². The second kappa shape index (κ2) is 4.97. The predicted molar refractivity (Wildman–Crippen MR) is 68.6 cm³/mol. The van der Waals surface area contributed by atoms with Crippen molar-refractivity contribution in [1.29, 1.82) is 0 Å². The highest BCUT2D eigenvalue weighted by atomic mass is 32.1. The summed E-state index contributed by atoms with van der Waals surface area (Å²) in [6, 6.07) is 10.1. The molecule has 0 unspecified atom stereocenters. The van der Waals surface area contributed by atoms with Crippen LogP contribution in [0.25, 0.3) is 5.69 Å². The number of nitrogens with one attached hydrogen (secondary N) is 1. The molecule has 1 aromatic carbocycles. The minimum Gasteiger partial charge on any atom is -0.464 e. The predicted octanol–water partition coefficient (Wildman–Crippen LogP) is 1.68. The summed E-state index contributed by atoms with van der Waals surface area (Å²) >= 11 is 5.08. The number of hydrogen-bond donors (Lipinski definition) is 1. The molecule has 0 radical (unpaired) electrons. The number of esters is 1. The van der Waals surface area contributed by atoms with Crippen LogP contribution < -0.4 is 5.56 Å². The van der Waals surface area contributed by atoms with Gasteiger partial charge in [0, 0.05) is 6.07 Å². The molecule has 2 aromatic rings. The number of aromatic nitrogens is 2. The van der Waals surface area contributed by atoms with Crippen LogP contribution in [0.5, 0.6) is 0 Å². The van der Waals surface area contributed by atoms with E-state index < -0.39 is 5.97 Å². The molecule has 0 bridgehead atoms. The van der Waals surface area contributed by atoms with E-state index in [1.54, 1.807) is 24.3 Å². The number of para-hydroxylation sites is 1. The molecule has 0 saturated heterocycles. The van der Waals surface area contributed by atoms with E-state index in [9.17, 15) is 9.59 Å². The van der Waals surface area contributed by atoms with Gasteiger partial charge in [0.25, 0.3) is 5.56 Å². The number of carbonyl (C=O) groups excluding carboxylic acids is 1. The van der Waals surface area contributed by atoms with Gasteiger partial charge in [0.05, 0.1) is 12.8 Å². The molecule has 1 N–H and O–H groups in total. The summed E-state index contributed by atoms with van der Waals surface area (Å²) in [7, 11) is 1.24. The van der Waals surface area contributed by atoms with Gasteiger partial charge in [-0.1, -0.05) is 18.2 Å². The lowest BCUT2D eigenvalue weighted by Crippen LogP contribution is -2.22. The molecule has 1 aromatic heterocycles. The van der Waals surface area contributed by atoms with Crippen molar-refractivity contribution in [2.45, 2.75) is 0 Å². The minimum atomic E-state index is -0.626. The zero-order chi connectivity index (χ0) is 13.1. The van der Waals surface area contributed by atoms with E-state index in [0.717, 1.165) is 6.07 Å². The zero-order valence-corrected chi connectivity index (χ0v) is 10.4. The van der Waals surface area contributed by atoms with Gasteiger partial charge in [-0.2, -0.15) is 0 Å². The second-order valence-corrected chi connectivity index (χ2v) is 3.88. The van der Waals surface area contributed by atoms with Crippen molar-refractivity contribution in [3.8, 4) is 5.69 Å². The number of carbonyl (C=O) groups is 1. The number of ether oxygens (including phenoxy) is 1. The maximum Gasteiger partial charge on any atom is 0.354 e. The van der Waals surface area contributed by atoms with E-state index in [-0.39, 0.29) is 16.0 Å². The molecule has 1 heterocycles. The Bertz CT molecular complexity index is 657. The third-order valence-electron chi connectivity index (χ3n) is 2.35. The van der Waals surface area contributed by atoms with E-state index in [0.29, 0.717) is 5.69 Å². The van der Waals surface area contributed by atoms with Crippen molar-refractivity contribution in [2.24, 2.45) is 0 Å². The molecule has 0 spiro atoms. The van der Waals surface area contributed by atoms with Crippen LogP contribution in [0.3, 0.4) is 0 Å². The van der Waals surface area contributed by atoms with Crippen LogP contribution in [-0.2, 0) is 4.74 Å². The Balaban J connectivity index is 2.63. The lowest BCUT2D eigenvalue weighted by molar-refractivity contribution is 0.0593. The van der Waals surface area contributed by atoms with E-state index in [1.807, 2.05) is 6.07 Å². The highest BCUT2D eigenvalue weighted by Gasteiger charge is 2.10. The summed E-state index contributed by atoms with van der Waals surface area (Å²) in [5.41, 5.74) is 0.296. The number of methoxy groups -OCH3 is 1. The third-order valence-corrected chi connectivity index (χ3v) is 2.64. The molecule has 92 valence electrons. The number of aromatic amines is 1. The summed E-state index contributed by atoms with van der Waals surface area (Å²) < 4.78 is 5.98. The van der Waals surface area contributed by atoms with Crippen LogP contribution in [-0.4, -0.2) is 22.6 Å². The van der Waals surface area contributed by atoms with Crippen LogP contribution in [0, 0.1) is 4.77 Å². The summed E-state index contributed by atoms with van der Waals surface area (Å²) in [5, 5.41) is 0. The number of H-pyrrole nitrogens is 1. The largest absolute Gasteiger partial charge is 0.464 e. The number of hydrogen-bond acceptors (Lipinski definition) is 4. The van der Waals surface area contributed by atoms with E-state index in [1.165, 1.54) is 11.7 Å². The van der Waals surface area contributed by atoms with E-state index >= 15 is 0 Å². The molecule has 0 aliphatic heterocycles. The summed E-state index contributed by atoms with van der Waals surface area (Å²) in [4.78, 5) is 25.9. The van der Waals surface area contributed by atoms with E-state index in [4.69, 9.17) is 12.2 Å². The topological polar surface area (TPSA) is 64.1 Å². The maximum atomic E-state index is 12.0.